The lowest BCUT2D eigenvalue weighted by Crippen LogP contribution is -2.05. The molecule has 0 spiro atoms. The predicted molar refractivity (Wildman–Crippen MR) is 44.9 cm³/mol. The minimum atomic E-state index is -4.39. The van der Waals surface area contributed by atoms with Gasteiger partial charge in [-0.15, -0.1) is 12.6 Å². The second kappa shape index (κ2) is 3.25. The summed E-state index contributed by atoms with van der Waals surface area (Å²) >= 11 is 3.84. The average molecular weight is 210 g/mol. The van der Waals surface area contributed by atoms with Crippen LogP contribution in [0.15, 0.2) is 11.4 Å². The molecule has 0 atom stereocenters. The number of imidazole rings is 1. The van der Waals surface area contributed by atoms with Crippen LogP contribution in [-0.2, 0) is 6.18 Å². The number of halogens is 3. The zero-order chi connectivity index (χ0) is 10.2. The smallest absolute Gasteiger partial charge is 0.323 e. The molecule has 2 nitrogen and oxygen atoms in total. The third-order valence-electron chi connectivity index (χ3n) is 1.56. The number of alkyl halides is 3. The van der Waals surface area contributed by atoms with E-state index < -0.39 is 11.9 Å². The molecule has 0 aliphatic heterocycles. The van der Waals surface area contributed by atoms with Gasteiger partial charge in [0.1, 0.15) is 0 Å². The first-order valence-corrected chi connectivity index (χ1v) is 4.12. The quantitative estimate of drug-likeness (QED) is 0.705. The van der Waals surface area contributed by atoms with Gasteiger partial charge >= 0.3 is 6.18 Å². The lowest BCUT2D eigenvalue weighted by Gasteiger charge is -2.06. The molecule has 74 valence electrons. The molecular weight excluding hydrogens is 201 g/mol. The molecule has 0 unspecified atom stereocenters. The molecule has 1 aromatic heterocycles. The SMILES string of the molecule is CC(C)n1cc(C(F)(F)F)nc1S. The Morgan fingerprint density at radius 2 is 2.00 bits per heavy atom. The maximum absolute atomic E-state index is 12.1. The Hall–Kier alpha value is -0.650. The first-order valence-electron chi connectivity index (χ1n) is 3.67. The molecule has 0 radical (unpaired) electrons. The van der Waals surface area contributed by atoms with E-state index in [0.29, 0.717) is 0 Å². The fourth-order valence-electron chi connectivity index (χ4n) is 0.900. The van der Waals surface area contributed by atoms with Gasteiger partial charge in [0.2, 0.25) is 0 Å². The molecule has 6 heteroatoms. The summed E-state index contributed by atoms with van der Waals surface area (Å²) in [4.78, 5) is 3.31. The molecule has 0 aliphatic rings. The Morgan fingerprint density at radius 1 is 1.46 bits per heavy atom. The summed E-state index contributed by atoms with van der Waals surface area (Å²) in [5.41, 5.74) is -0.897. The van der Waals surface area contributed by atoms with E-state index in [1.54, 1.807) is 13.8 Å². The van der Waals surface area contributed by atoms with Crippen LogP contribution in [0.4, 0.5) is 13.2 Å². The Labute approximate surface area is 79.2 Å². The van der Waals surface area contributed by atoms with Crippen LogP contribution in [0.25, 0.3) is 0 Å². The number of hydrogen-bond acceptors (Lipinski definition) is 2. The Morgan fingerprint density at radius 3 is 2.23 bits per heavy atom. The van der Waals surface area contributed by atoms with Gasteiger partial charge in [-0.25, -0.2) is 4.98 Å². The molecule has 0 saturated heterocycles. The molecule has 0 amide bonds. The minimum absolute atomic E-state index is 0.0731. The van der Waals surface area contributed by atoms with E-state index in [-0.39, 0.29) is 11.2 Å². The molecule has 13 heavy (non-hydrogen) atoms. The minimum Gasteiger partial charge on any atom is -0.323 e. The van der Waals surface area contributed by atoms with Crippen molar-refractivity contribution in [2.75, 3.05) is 0 Å². The fourth-order valence-corrected chi connectivity index (χ4v) is 1.30. The lowest BCUT2D eigenvalue weighted by atomic mass is 10.4. The molecule has 0 aliphatic carbocycles. The molecule has 0 N–H and O–H groups in total. The van der Waals surface area contributed by atoms with Crippen molar-refractivity contribution in [3.05, 3.63) is 11.9 Å². The van der Waals surface area contributed by atoms with Crippen molar-refractivity contribution >= 4 is 12.6 Å². The Kier molecular flexibility index (Phi) is 2.61. The predicted octanol–water partition coefficient (Wildman–Crippen LogP) is 2.77. The largest absolute Gasteiger partial charge is 0.434 e. The van der Waals surface area contributed by atoms with Gasteiger partial charge in [0.15, 0.2) is 10.9 Å². The van der Waals surface area contributed by atoms with Gasteiger partial charge in [0.25, 0.3) is 0 Å². The van der Waals surface area contributed by atoms with Crippen LogP contribution in [0.5, 0.6) is 0 Å². The summed E-state index contributed by atoms with van der Waals surface area (Å²) in [6.45, 7) is 3.53. The highest BCUT2D eigenvalue weighted by Crippen LogP contribution is 2.29. The molecule has 0 bridgehead atoms. The molecule has 1 rings (SSSR count). The van der Waals surface area contributed by atoms with Crippen LogP contribution in [0.3, 0.4) is 0 Å². The highest BCUT2D eigenvalue weighted by molar-refractivity contribution is 7.80. The second-order valence-corrected chi connectivity index (χ2v) is 3.32. The van der Waals surface area contributed by atoms with E-state index in [9.17, 15) is 13.2 Å². The Balaban J connectivity index is 3.10. The molecular formula is C7H9F3N2S. The summed E-state index contributed by atoms with van der Waals surface area (Å²) in [6, 6.07) is -0.0731. The van der Waals surface area contributed by atoms with Crippen molar-refractivity contribution in [3.8, 4) is 0 Å². The number of hydrogen-bond donors (Lipinski definition) is 1. The molecule has 0 saturated carbocycles. The van der Waals surface area contributed by atoms with Crippen molar-refractivity contribution in [3.63, 3.8) is 0 Å². The van der Waals surface area contributed by atoms with Crippen molar-refractivity contribution in [1.29, 1.82) is 0 Å². The maximum atomic E-state index is 12.1. The molecule has 0 aromatic carbocycles. The number of rotatable bonds is 1. The summed E-state index contributed by atoms with van der Waals surface area (Å²) in [7, 11) is 0. The van der Waals surface area contributed by atoms with E-state index >= 15 is 0 Å². The third-order valence-corrected chi connectivity index (χ3v) is 1.89. The highest BCUT2D eigenvalue weighted by atomic mass is 32.1. The van der Waals surface area contributed by atoms with E-state index in [0.717, 1.165) is 6.20 Å². The number of thiol groups is 1. The first-order chi connectivity index (χ1) is 5.82. The summed E-state index contributed by atoms with van der Waals surface area (Å²) in [5.74, 6) is 0. The zero-order valence-electron chi connectivity index (χ0n) is 7.13. The van der Waals surface area contributed by atoms with Crippen molar-refractivity contribution in [2.24, 2.45) is 0 Å². The van der Waals surface area contributed by atoms with Crippen LogP contribution in [0, 0.1) is 0 Å². The van der Waals surface area contributed by atoms with Crippen LogP contribution in [-0.4, -0.2) is 9.55 Å². The standard InChI is InChI=1S/C7H9F3N2S/c1-4(2)12-3-5(7(8,9)10)11-6(12)13/h3-4H,1-2H3,(H,11,13). The topological polar surface area (TPSA) is 17.8 Å². The van der Waals surface area contributed by atoms with E-state index in [2.05, 4.69) is 17.6 Å². The molecule has 1 aromatic rings. The van der Waals surface area contributed by atoms with Crippen LogP contribution < -0.4 is 0 Å². The maximum Gasteiger partial charge on any atom is 0.434 e. The highest BCUT2D eigenvalue weighted by Gasteiger charge is 2.34. The van der Waals surface area contributed by atoms with Gasteiger partial charge in [-0.1, -0.05) is 0 Å². The third kappa shape index (κ3) is 2.18. The van der Waals surface area contributed by atoms with Crippen LogP contribution in [0.1, 0.15) is 25.6 Å². The lowest BCUT2D eigenvalue weighted by molar-refractivity contribution is -0.141. The van der Waals surface area contributed by atoms with Crippen LogP contribution >= 0.6 is 12.6 Å². The van der Waals surface area contributed by atoms with Crippen LogP contribution in [0.2, 0.25) is 0 Å². The summed E-state index contributed by atoms with van der Waals surface area (Å²) in [6.07, 6.45) is -3.43. The fraction of sp³-hybridized carbons (Fsp3) is 0.571. The van der Waals surface area contributed by atoms with Gasteiger partial charge in [-0.3, -0.25) is 0 Å². The molecule has 0 fully saturated rings. The van der Waals surface area contributed by atoms with E-state index in [1.807, 2.05) is 0 Å². The average Bonchev–Trinajstić information content (AvgIpc) is 2.29. The second-order valence-electron chi connectivity index (χ2n) is 2.92. The summed E-state index contributed by atoms with van der Waals surface area (Å²) in [5, 5.41) is 0.0855. The molecule has 1 heterocycles. The number of nitrogens with zero attached hydrogens (tertiary/aromatic N) is 2. The van der Waals surface area contributed by atoms with Gasteiger partial charge in [0.05, 0.1) is 0 Å². The monoisotopic (exact) mass is 210 g/mol. The van der Waals surface area contributed by atoms with Gasteiger partial charge in [-0.05, 0) is 13.8 Å². The van der Waals surface area contributed by atoms with Crippen molar-refractivity contribution in [2.45, 2.75) is 31.2 Å². The van der Waals surface area contributed by atoms with E-state index in [4.69, 9.17) is 0 Å². The van der Waals surface area contributed by atoms with Crippen molar-refractivity contribution < 1.29 is 13.2 Å². The Bertz CT molecular complexity index is 303. The first kappa shape index (κ1) is 10.4. The van der Waals surface area contributed by atoms with Crippen molar-refractivity contribution in [1.82, 2.24) is 9.55 Å². The van der Waals surface area contributed by atoms with Gasteiger partial charge in [-0.2, -0.15) is 13.2 Å². The zero-order valence-corrected chi connectivity index (χ0v) is 8.02. The van der Waals surface area contributed by atoms with Gasteiger partial charge < -0.3 is 4.57 Å². The number of aromatic nitrogens is 2. The normalized spacial score (nSPS) is 12.5. The van der Waals surface area contributed by atoms with Gasteiger partial charge in [0, 0.05) is 12.2 Å². The van der Waals surface area contributed by atoms with E-state index in [1.165, 1.54) is 4.57 Å². The summed E-state index contributed by atoms with van der Waals surface area (Å²) < 4.78 is 37.8.